The first kappa shape index (κ1) is 11.1. The van der Waals surface area contributed by atoms with Gasteiger partial charge in [-0.15, -0.1) is 0 Å². The molecular weight excluding hydrogens is 208 g/mol. The maximum atomic E-state index is 11.8. The number of carbonyl (C=O) groups excluding carboxylic acids is 1. The fourth-order valence-corrected chi connectivity index (χ4v) is 1.56. The Morgan fingerprint density at radius 2 is 2.25 bits per heavy atom. The molecule has 5 nitrogen and oxygen atoms in total. The quantitative estimate of drug-likeness (QED) is 0.729. The highest BCUT2D eigenvalue weighted by molar-refractivity contribution is 5.85. The topological polar surface area (TPSA) is 65.2 Å². The molecule has 0 saturated heterocycles. The zero-order valence-corrected chi connectivity index (χ0v) is 9.82. The molecule has 0 bridgehead atoms. The van der Waals surface area contributed by atoms with E-state index in [1.807, 2.05) is 13.8 Å². The van der Waals surface area contributed by atoms with Gasteiger partial charge in [-0.25, -0.2) is 0 Å². The highest BCUT2D eigenvalue weighted by atomic mass is 16.5. The van der Waals surface area contributed by atoms with Crippen LogP contribution in [0.4, 0.5) is 0 Å². The minimum Gasteiger partial charge on any atom is -0.465 e. The number of aromatic nitrogens is 2. The molecule has 0 amide bonds. The molecule has 0 N–H and O–H groups in total. The Bertz CT molecular complexity index is 394. The maximum Gasteiger partial charge on any atom is 0.321 e. The summed E-state index contributed by atoms with van der Waals surface area (Å²) in [5, 5.41) is 3.87. The fourth-order valence-electron chi connectivity index (χ4n) is 1.56. The molecule has 88 valence electrons. The number of nitrogens with zero attached hydrogens (tertiary/aromatic N) is 2. The molecule has 1 aromatic heterocycles. The molecule has 2 rings (SSSR count). The van der Waals surface area contributed by atoms with Gasteiger partial charge in [-0.05, 0) is 19.8 Å². The number of hydrogen-bond acceptors (Lipinski definition) is 5. The first-order valence-electron chi connectivity index (χ1n) is 5.61. The number of ether oxygens (including phenoxy) is 1. The van der Waals surface area contributed by atoms with Crippen molar-refractivity contribution in [1.82, 2.24) is 10.1 Å². The summed E-state index contributed by atoms with van der Waals surface area (Å²) >= 11 is 0. The van der Waals surface area contributed by atoms with Crippen molar-refractivity contribution in [2.24, 2.45) is 0 Å². The first-order valence-corrected chi connectivity index (χ1v) is 5.61. The van der Waals surface area contributed by atoms with Gasteiger partial charge in [0, 0.05) is 5.92 Å². The lowest BCUT2D eigenvalue weighted by Gasteiger charge is -2.08. The molecule has 1 aromatic rings. The van der Waals surface area contributed by atoms with Gasteiger partial charge in [-0.1, -0.05) is 19.0 Å². The number of carbonyl (C=O) groups is 1. The summed E-state index contributed by atoms with van der Waals surface area (Å²) in [7, 11) is 0. The zero-order valence-electron chi connectivity index (χ0n) is 9.82. The third-order valence-corrected chi connectivity index (χ3v) is 2.78. The van der Waals surface area contributed by atoms with Gasteiger partial charge in [0.25, 0.3) is 0 Å². The van der Waals surface area contributed by atoms with Crippen LogP contribution in [0.1, 0.15) is 51.2 Å². The average molecular weight is 224 g/mol. The summed E-state index contributed by atoms with van der Waals surface area (Å²) in [4.78, 5) is 16.0. The van der Waals surface area contributed by atoms with Crippen molar-refractivity contribution in [2.45, 2.75) is 44.9 Å². The van der Waals surface area contributed by atoms with Crippen LogP contribution in [0, 0.1) is 0 Å². The maximum absolute atomic E-state index is 11.8. The fraction of sp³-hybridized carbons (Fsp3) is 0.727. The summed E-state index contributed by atoms with van der Waals surface area (Å²) in [5.41, 5.74) is -0.643. The third-order valence-electron chi connectivity index (χ3n) is 2.78. The second-order valence-electron chi connectivity index (χ2n) is 4.42. The highest BCUT2D eigenvalue weighted by Gasteiger charge is 2.57. The Labute approximate surface area is 94.2 Å². The van der Waals surface area contributed by atoms with Gasteiger partial charge in [0.05, 0.1) is 6.61 Å². The smallest absolute Gasteiger partial charge is 0.321 e. The molecular formula is C11H16N2O3. The molecule has 0 radical (unpaired) electrons. The number of hydrogen-bond donors (Lipinski definition) is 0. The van der Waals surface area contributed by atoms with Gasteiger partial charge in [0.15, 0.2) is 5.82 Å². The van der Waals surface area contributed by atoms with Crippen molar-refractivity contribution in [2.75, 3.05) is 6.61 Å². The minimum atomic E-state index is -0.643. The molecule has 0 aromatic carbocycles. The van der Waals surface area contributed by atoms with Gasteiger partial charge in [-0.2, -0.15) is 4.98 Å². The van der Waals surface area contributed by atoms with E-state index in [9.17, 15) is 4.79 Å². The highest BCUT2D eigenvalue weighted by Crippen LogP contribution is 2.48. The van der Waals surface area contributed by atoms with Crippen LogP contribution < -0.4 is 0 Å². The Morgan fingerprint density at radius 3 is 2.69 bits per heavy atom. The normalized spacial score (nSPS) is 17.5. The lowest BCUT2D eigenvalue weighted by Crippen LogP contribution is -2.23. The minimum absolute atomic E-state index is 0.204. The second-order valence-corrected chi connectivity index (χ2v) is 4.42. The molecule has 0 unspecified atom stereocenters. The van der Waals surface area contributed by atoms with E-state index >= 15 is 0 Å². The Kier molecular flexibility index (Phi) is 2.69. The van der Waals surface area contributed by atoms with Crippen molar-refractivity contribution in [3.63, 3.8) is 0 Å². The molecule has 0 spiro atoms. The van der Waals surface area contributed by atoms with Gasteiger partial charge in [-0.3, -0.25) is 4.79 Å². The third kappa shape index (κ3) is 1.70. The monoisotopic (exact) mass is 224 g/mol. The Morgan fingerprint density at radius 1 is 1.56 bits per heavy atom. The first-order chi connectivity index (χ1) is 7.60. The van der Waals surface area contributed by atoms with Crippen LogP contribution in [-0.4, -0.2) is 22.7 Å². The summed E-state index contributed by atoms with van der Waals surface area (Å²) in [6.45, 7) is 6.14. The standard InChI is InChI=1S/C11H16N2O3/c1-4-15-10(14)11(5-6-11)9-12-8(7(2)3)13-16-9/h7H,4-6H2,1-3H3. The van der Waals surface area contributed by atoms with E-state index in [1.165, 1.54) is 0 Å². The predicted molar refractivity (Wildman–Crippen MR) is 55.9 cm³/mol. The summed E-state index contributed by atoms with van der Waals surface area (Å²) in [6, 6.07) is 0. The van der Waals surface area contributed by atoms with E-state index in [1.54, 1.807) is 6.92 Å². The van der Waals surface area contributed by atoms with E-state index in [4.69, 9.17) is 9.26 Å². The SMILES string of the molecule is CCOC(=O)C1(c2nc(C(C)C)no2)CC1. The Hall–Kier alpha value is -1.39. The average Bonchev–Trinajstić information content (AvgIpc) is 2.89. The van der Waals surface area contributed by atoms with Crippen LogP contribution in [0.3, 0.4) is 0 Å². The van der Waals surface area contributed by atoms with E-state index < -0.39 is 5.41 Å². The summed E-state index contributed by atoms with van der Waals surface area (Å²) in [5.74, 6) is 1.02. The zero-order chi connectivity index (χ0) is 11.8. The van der Waals surface area contributed by atoms with Gasteiger partial charge in [0.2, 0.25) is 5.89 Å². The molecule has 1 aliphatic rings. The van der Waals surface area contributed by atoms with Crippen LogP contribution in [0.25, 0.3) is 0 Å². The van der Waals surface area contributed by atoms with Crippen molar-refractivity contribution in [1.29, 1.82) is 0 Å². The molecule has 0 atom stereocenters. The second kappa shape index (κ2) is 3.88. The van der Waals surface area contributed by atoms with Crippen LogP contribution in [-0.2, 0) is 14.9 Å². The molecule has 0 aliphatic heterocycles. The molecule has 5 heteroatoms. The molecule has 16 heavy (non-hydrogen) atoms. The van der Waals surface area contributed by atoms with Crippen molar-refractivity contribution in [3.05, 3.63) is 11.7 Å². The molecule has 1 heterocycles. The van der Waals surface area contributed by atoms with Gasteiger partial charge >= 0.3 is 5.97 Å². The molecule has 1 fully saturated rings. The van der Waals surface area contributed by atoms with Crippen molar-refractivity contribution in [3.8, 4) is 0 Å². The van der Waals surface area contributed by atoms with E-state index in [0.29, 0.717) is 18.3 Å². The van der Waals surface area contributed by atoms with E-state index in [0.717, 1.165) is 12.8 Å². The largest absolute Gasteiger partial charge is 0.465 e. The summed E-state index contributed by atoms with van der Waals surface area (Å²) < 4.78 is 10.2. The predicted octanol–water partition coefficient (Wildman–Crippen LogP) is 1.79. The van der Waals surface area contributed by atoms with E-state index in [-0.39, 0.29) is 11.9 Å². The van der Waals surface area contributed by atoms with Gasteiger partial charge < -0.3 is 9.26 Å². The van der Waals surface area contributed by atoms with Crippen LogP contribution in [0.2, 0.25) is 0 Å². The summed E-state index contributed by atoms with van der Waals surface area (Å²) in [6.07, 6.45) is 1.48. The van der Waals surface area contributed by atoms with Crippen LogP contribution >= 0.6 is 0 Å². The lowest BCUT2D eigenvalue weighted by atomic mass is 10.1. The molecule has 1 saturated carbocycles. The van der Waals surface area contributed by atoms with E-state index in [2.05, 4.69) is 10.1 Å². The Balaban J connectivity index is 2.20. The van der Waals surface area contributed by atoms with Gasteiger partial charge in [0.1, 0.15) is 5.41 Å². The van der Waals surface area contributed by atoms with Crippen molar-refractivity contribution < 1.29 is 14.1 Å². The number of esters is 1. The van der Waals surface area contributed by atoms with Crippen LogP contribution in [0.15, 0.2) is 4.52 Å². The van der Waals surface area contributed by atoms with Crippen molar-refractivity contribution >= 4 is 5.97 Å². The lowest BCUT2D eigenvalue weighted by molar-refractivity contribution is -0.146. The number of rotatable bonds is 4. The van der Waals surface area contributed by atoms with Crippen LogP contribution in [0.5, 0.6) is 0 Å². The molecule has 1 aliphatic carbocycles.